The highest BCUT2D eigenvalue weighted by atomic mass is 16.2. The van der Waals surface area contributed by atoms with E-state index in [9.17, 15) is 9.59 Å². The molecule has 2 bridgehead atoms. The molecule has 5 nitrogen and oxygen atoms in total. The molecule has 0 aromatic heterocycles. The Balaban J connectivity index is 1.66. The van der Waals surface area contributed by atoms with Crippen molar-refractivity contribution in [1.29, 1.82) is 0 Å². The number of anilines is 1. The molecule has 25 heavy (non-hydrogen) atoms. The normalized spacial score (nSPS) is 26.0. The van der Waals surface area contributed by atoms with Crippen molar-refractivity contribution in [2.45, 2.75) is 71.0 Å². The van der Waals surface area contributed by atoms with Gasteiger partial charge in [-0.1, -0.05) is 39.0 Å². The van der Waals surface area contributed by atoms with Gasteiger partial charge in [0.2, 0.25) is 5.91 Å². The molecule has 3 rings (SSSR count). The van der Waals surface area contributed by atoms with Crippen LogP contribution < -0.4 is 10.6 Å². The minimum atomic E-state index is -0.378. The molecule has 2 aliphatic rings. The molecule has 1 aromatic rings. The Bertz CT molecular complexity index is 610. The number of amides is 3. The van der Waals surface area contributed by atoms with Gasteiger partial charge in [-0.2, -0.15) is 0 Å². The maximum absolute atomic E-state index is 12.8. The van der Waals surface area contributed by atoms with Gasteiger partial charge in [0.05, 0.1) is 0 Å². The fourth-order valence-corrected chi connectivity index (χ4v) is 3.94. The van der Waals surface area contributed by atoms with E-state index in [0.29, 0.717) is 0 Å². The smallest absolute Gasteiger partial charge is 0.322 e. The lowest BCUT2D eigenvalue weighted by atomic mass is 9.81. The van der Waals surface area contributed by atoms with Gasteiger partial charge >= 0.3 is 6.03 Å². The van der Waals surface area contributed by atoms with E-state index >= 15 is 0 Å². The summed E-state index contributed by atoms with van der Waals surface area (Å²) in [5.74, 6) is 0.0951. The molecular weight excluding hydrogens is 314 g/mol. The molecule has 2 N–H and O–H groups in total. The summed E-state index contributed by atoms with van der Waals surface area (Å²) in [6, 6.07) is 10.2. The van der Waals surface area contributed by atoms with Crippen molar-refractivity contribution in [3.63, 3.8) is 0 Å². The molecule has 2 heterocycles. The van der Waals surface area contributed by atoms with Gasteiger partial charge in [0, 0.05) is 29.2 Å². The van der Waals surface area contributed by atoms with Gasteiger partial charge in [-0.25, -0.2) is 4.79 Å². The molecule has 0 spiro atoms. The van der Waals surface area contributed by atoms with Crippen LogP contribution in [0, 0.1) is 5.41 Å². The van der Waals surface area contributed by atoms with Gasteiger partial charge in [-0.3, -0.25) is 4.79 Å². The number of hydrogen-bond acceptors (Lipinski definition) is 2. The Morgan fingerprint density at radius 3 is 2.20 bits per heavy atom. The third-order valence-corrected chi connectivity index (χ3v) is 5.25. The molecule has 3 amide bonds. The SMILES string of the molecule is CC(C)(C)C(=O)NC1C[C@H]2CCC[C@@H](C1)N2C(=O)Nc1ccccc1. The molecule has 2 saturated heterocycles. The fourth-order valence-electron chi connectivity index (χ4n) is 3.94. The number of carbonyl (C=O) groups excluding carboxylic acids is 2. The van der Waals surface area contributed by atoms with Gasteiger partial charge in [0.1, 0.15) is 0 Å². The van der Waals surface area contributed by atoms with E-state index in [2.05, 4.69) is 10.6 Å². The number of urea groups is 1. The molecule has 5 heteroatoms. The van der Waals surface area contributed by atoms with E-state index in [1.807, 2.05) is 56.0 Å². The number of nitrogens with zero attached hydrogens (tertiary/aromatic N) is 1. The topological polar surface area (TPSA) is 61.4 Å². The third-order valence-electron chi connectivity index (χ3n) is 5.25. The highest BCUT2D eigenvalue weighted by Crippen LogP contribution is 2.35. The van der Waals surface area contributed by atoms with Crippen LogP contribution in [0.25, 0.3) is 0 Å². The van der Waals surface area contributed by atoms with Gasteiger partial charge in [0.25, 0.3) is 0 Å². The number of rotatable bonds is 2. The summed E-state index contributed by atoms with van der Waals surface area (Å²) in [4.78, 5) is 27.1. The van der Waals surface area contributed by atoms with Crippen molar-refractivity contribution in [3.8, 4) is 0 Å². The van der Waals surface area contributed by atoms with Gasteiger partial charge in [0.15, 0.2) is 0 Å². The molecule has 2 fully saturated rings. The molecule has 0 saturated carbocycles. The second kappa shape index (κ2) is 7.06. The Morgan fingerprint density at radius 1 is 1.04 bits per heavy atom. The van der Waals surface area contributed by atoms with E-state index in [0.717, 1.165) is 37.8 Å². The number of carbonyl (C=O) groups is 2. The van der Waals surface area contributed by atoms with Crippen LogP contribution in [0.1, 0.15) is 52.9 Å². The highest BCUT2D eigenvalue weighted by Gasteiger charge is 2.41. The number of hydrogen-bond donors (Lipinski definition) is 2. The lowest BCUT2D eigenvalue weighted by molar-refractivity contribution is -0.129. The number of fused-ring (bicyclic) bond motifs is 2. The summed E-state index contributed by atoms with van der Waals surface area (Å²) in [6.45, 7) is 5.81. The summed E-state index contributed by atoms with van der Waals surface area (Å²) < 4.78 is 0. The van der Waals surface area contributed by atoms with Crippen molar-refractivity contribution in [3.05, 3.63) is 30.3 Å². The second-order valence-corrected chi connectivity index (χ2v) is 8.33. The van der Waals surface area contributed by atoms with E-state index in [-0.39, 0.29) is 35.5 Å². The molecule has 0 radical (unpaired) electrons. The maximum atomic E-state index is 12.8. The first kappa shape index (κ1) is 17.8. The van der Waals surface area contributed by atoms with Crippen molar-refractivity contribution in [1.82, 2.24) is 10.2 Å². The average Bonchev–Trinajstić information content (AvgIpc) is 2.54. The summed E-state index contributed by atoms with van der Waals surface area (Å²) in [5.41, 5.74) is 0.449. The van der Waals surface area contributed by atoms with Crippen LogP contribution in [-0.4, -0.2) is 35.0 Å². The Kier molecular flexibility index (Phi) is 5.02. The zero-order valence-electron chi connectivity index (χ0n) is 15.4. The summed E-state index contributed by atoms with van der Waals surface area (Å²) in [6.07, 6.45) is 4.88. The third kappa shape index (κ3) is 4.14. The van der Waals surface area contributed by atoms with E-state index in [1.54, 1.807) is 0 Å². The van der Waals surface area contributed by atoms with Crippen molar-refractivity contribution >= 4 is 17.6 Å². The highest BCUT2D eigenvalue weighted by molar-refractivity contribution is 5.90. The quantitative estimate of drug-likeness (QED) is 0.859. The van der Waals surface area contributed by atoms with Crippen LogP contribution in [0.5, 0.6) is 0 Å². The maximum Gasteiger partial charge on any atom is 0.322 e. The second-order valence-electron chi connectivity index (χ2n) is 8.33. The van der Waals surface area contributed by atoms with Crippen LogP contribution in [-0.2, 0) is 4.79 Å². The Hall–Kier alpha value is -2.04. The van der Waals surface area contributed by atoms with E-state index < -0.39 is 0 Å². The molecule has 136 valence electrons. The average molecular weight is 343 g/mol. The van der Waals surface area contributed by atoms with Gasteiger partial charge < -0.3 is 15.5 Å². The molecule has 1 aromatic carbocycles. The largest absolute Gasteiger partial charge is 0.353 e. The standard InChI is InChI=1S/C20H29N3O2/c1-20(2,3)18(24)21-15-12-16-10-7-11-17(13-15)23(16)19(25)22-14-8-5-4-6-9-14/h4-6,8-9,15-17H,7,10-13H2,1-3H3,(H,21,24)(H,22,25)/t15?,16-,17+. The molecule has 1 unspecified atom stereocenters. The number of nitrogens with one attached hydrogen (secondary N) is 2. The number of piperidine rings is 2. The zero-order valence-corrected chi connectivity index (χ0v) is 15.4. The first-order chi connectivity index (χ1) is 11.8. The molecule has 3 atom stereocenters. The summed E-state index contributed by atoms with van der Waals surface area (Å²) >= 11 is 0. The Labute approximate surface area is 150 Å². The van der Waals surface area contributed by atoms with Crippen LogP contribution in [0.3, 0.4) is 0 Å². The fraction of sp³-hybridized carbons (Fsp3) is 0.600. The Morgan fingerprint density at radius 2 is 1.64 bits per heavy atom. The summed E-state index contributed by atoms with van der Waals surface area (Å²) in [7, 11) is 0. The van der Waals surface area contributed by atoms with Crippen molar-refractivity contribution in [2.75, 3.05) is 5.32 Å². The zero-order chi connectivity index (χ0) is 18.0. The first-order valence-electron chi connectivity index (χ1n) is 9.30. The predicted molar refractivity (Wildman–Crippen MR) is 99.3 cm³/mol. The predicted octanol–water partition coefficient (Wildman–Crippen LogP) is 3.77. The lowest BCUT2D eigenvalue weighted by Gasteiger charge is -2.49. The lowest BCUT2D eigenvalue weighted by Crippen LogP contribution is -2.60. The minimum Gasteiger partial charge on any atom is -0.353 e. The van der Waals surface area contributed by atoms with Crippen LogP contribution >= 0.6 is 0 Å². The van der Waals surface area contributed by atoms with Gasteiger partial charge in [-0.15, -0.1) is 0 Å². The van der Waals surface area contributed by atoms with Crippen LogP contribution in [0.2, 0.25) is 0 Å². The monoisotopic (exact) mass is 343 g/mol. The first-order valence-corrected chi connectivity index (χ1v) is 9.30. The molecule has 2 aliphatic heterocycles. The molecule has 0 aliphatic carbocycles. The minimum absolute atomic E-state index is 0.0125. The number of benzene rings is 1. The van der Waals surface area contributed by atoms with Crippen LogP contribution in [0.15, 0.2) is 30.3 Å². The van der Waals surface area contributed by atoms with E-state index in [1.165, 1.54) is 0 Å². The van der Waals surface area contributed by atoms with E-state index in [4.69, 9.17) is 0 Å². The molecular formula is C20H29N3O2. The van der Waals surface area contributed by atoms with Crippen LogP contribution in [0.4, 0.5) is 10.5 Å². The summed E-state index contributed by atoms with van der Waals surface area (Å²) in [5, 5.41) is 6.22. The van der Waals surface area contributed by atoms with Crippen molar-refractivity contribution < 1.29 is 9.59 Å². The van der Waals surface area contributed by atoms with Crippen molar-refractivity contribution in [2.24, 2.45) is 5.41 Å². The number of para-hydroxylation sites is 1. The van der Waals surface area contributed by atoms with Gasteiger partial charge in [-0.05, 0) is 44.2 Å².